The molecule has 2 N–H and O–H groups in total. The molecule has 2 fully saturated rings. The summed E-state index contributed by atoms with van der Waals surface area (Å²) in [4.78, 5) is 38.0. The maximum atomic E-state index is 12.6. The Morgan fingerprint density at radius 3 is 2.62 bits per heavy atom. The number of carbonyl (C=O) groups is 3. The monoisotopic (exact) mass is 390 g/mol. The van der Waals surface area contributed by atoms with Gasteiger partial charge in [-0.1, -0.05) is 30.3 Å². The lowest BCUT2D eigenvalue weighted by Gasteiger charge is -2.18. The maximum Gasteiger partial charge on any atom is 0.311 e. The minimum atomic E-state index is -0.860. The highest BCUT2D eigenvalue weighted by molar-refractivity contribution is 6.01. The summed E-state index contributed by atoms with van der Waals surface area (Å²) in [7, 11) is 0. The van der Waals surface area contributed by atoms with Crippen LogP contribution >= 0.6 is 0 Å². The Balaban J connectivity index is 1.28. The van der Waals surface area contributed by atoms with E-state index in [1.165, 1.54) is 22.3 Å². The molecule has 1 saturated carbocycles. The van der Waals surface area contributed by atoms with Gasteiger partial charge in [0.25, 0.3) is 0 Å². The lowest BCUT2D eigenvalue weighted by molar-refractivity contribution is -0.143. The maximum absolute atomic E-state index is 12.6. The molecule has 0 aromatic heterocycles. The standard InChI is InChI=1S/C23H22N2O4/c26-20-11-16(21(27)24-13-23(7-8-23)22(28)29)12-25(20)17-5-6-19-15(10-17)9-14-3-1-2-4-18(14)19/h1-6,10,16H,7-9,11-13H2,(H,24,27)(H,28,29). The molecule has 1 saturated heterocycles. The third-order valence-electron chi connectivity index (χ3n) is 6.49. The molecule has 1 aliphatic heterocycles. The molecule has 2 aromatic rings. The lowest BCUT2D eigenvalue weighted by atomic mass is 10.0. The van der Waals surface area contributed by atoms with Gasteiger partial charge in [-0.2, -0.15) is 0 Å². The Hall–Kier alpha value is -3.15. The van der Waals surface area contributed by atoms with E-state index in [0.717, 1.165) is 12.1 Å². The van der Waals surface area contributed by atoms with Crippen molar-refractivity contribution < 1.29 is 19.5 Å². The molecule has 6 nitrogen and oxygen atoms in total. The van der Waals surface area contributed by atoms with Gasteiger partial charge in [0.05, 0.1) is 11.3 Å². The zero-order valence-corrected chi connectivity index (χ0v) is 16.0. The molecule has 1 unspecified atom stereocenters. The fourth-order valence-corrected chi connectivity index (χ4v) is 4.45. The number of nitrogens with one attached hydrogen (secondary N) is 1. The molecule has 0 spiro atoms. The van der Waals surface area contributed by atoms with Crippen LogP contribution in [0.4, 0.5) is 5.69 Å². The van der Waals surface area contributed by atoms with E-state index in [4.69, 9.17) is 0 Å². The Bertz CT molecular complexity index is 1040. The van der Waals surface area contributed by atoms with E-state index in [9.17, 15) is 19.5 Å². The van der Waals surface area contributed by atoms with E-state index in [1.807, 2.05) is 18.2 Å². The first kappa shape index (κ1) is 17.9. The molecular formula is C23H22N2O4. The number of hydrogen-bond acceptors (Lipinski definition) is 3. The van der Waals surface area contributed by atoms with Gasteiger partial charge in [-0.05, 0) is 53.6 Å². The van der Waals surface area contributed by atoms with E-state index >= 15 is 0 Å². The first-order valence-corrected chi connectivity index (χ1v) is 9.99. The fraction of sp³-hybridized carbons (Fsp3) is 0.348. The molecule has 5 rings (SSSR count). The highest BCUT2D eigenvalue weighted by atomic mass is 16.4. The van der Waals surface area contributed by atoms with Crippen molar-refractivity contribution in [3.63, 3.8) is 0 Å². The Kier molecular flexibility index (Phi) is 3.98. The topological polar surface area (TPSA) is 86.7 Å². The van der Waals surface area contributed by atoms with Gasteiger partial charge in [-0.3, -0.25) is 14.4 Å². The molecular weight excluding hydrogens is 368 g/mol. The van der Waals surface area contributed by atoms with E-state index in [0.29, 0.717) is 19.4 Å². The number of carboxylic acids is 1. The van der Waals surface area contributed by atoms with Crippen LogP contribution in [-0.4, -0.2) is 36.0 Å². The van der Waals surface area contributed by atoms with Crippen LogP contribution in [0, 0.1) is 11.3 Å². The van der Waals surface area contributed by atoms with Gasteiger partial charge in [0.2, 0.25) is 11.8 Å². The SMILES string of the molecule is O=C(NCC1(C(=O)O)CC1)C1CC(=O)N(c2ccc3c(c2)Cc2ccccc2-3)C1. The summed E-state index contributed by atoms with van der Waals surface area (Å²) in [6.07, 6.45) is 2.19. The highest BCUT2D eigenvalue weighted by Gasteiger charge is 2.50. The van der Waals surface area contributed by atoms with Crippen LogP contribution in [0.15, 0.2) is 42.5 Å². The zero-order chi connectivity index (χ0) is 20.2. The molecule has 0 radical (unpaired) electrons. The summed E-state index contributed by atoms with van der Waals surface area (Å²) in [5.74, 6) is -1.61. The van der Waals surface area contributed by atoms with Gasteiger partial charge in [0, 0.05) is 25.2 Å². The molecule has 1 atom stereocenters. The average molecular weight is 390 g/mol. The fourth-order valence-electron chi connectivity index (χ4n) is 4.45. The molecule has 1 heterocycles. The van der Waals surface area contributed by atoms with Gasteiger partial charge in [0.1, 0.15) is 0 Å². The summed E-state index contributed by atoms with van der Waals surface area (Å²) >= 11 is 0. The Morgan fingerprint density at radius 1 is 1.10 bits per heavy atom. The van der Waals surface area contributed by atoms with E-state index in [-0.39, 0.29) is 24.8 Å². The smallest absolute Gasteiger partial charge is 0.311 e. The van der Waals surface area contributed by atoms with Crippen LogP contribution in [-0.2, 0) is 20.8 Å². The summed E-state index contributed by atoms with van der Waals surface area (Å²) in [5.41, 5.74) is 4.95. The van der Waals surface area contributed by atoms with Crippen molar-refractivity contribution in [2.45, 2.75) is 25.7 Å². The minimum absolute atomic E-state index is 0.0695. The summed E-state index contributed by atoms with van der Waals surface area (Å²) in [5, 5.41) is 12.0. The van der Waals surface area contributed by atoms with Crippen molar-refractivity contribution in [2.75, 3.05) is 18.0 Å². The van der Waals surface area contributed by atoms with Crippen molar-refractivity contribution in [1.82, 2.24) is 5.32 Å². The number of hydrogen-bond donors (Lipinski definition) is 2. The Morgan fingerprint density at radius 2 is 1.86 bits per heavy atom. The van der Waals surface area contributed by atoms with Crippen LogP contribution in [0.3, 0.4) is 0 Å². The third-order valence-corrected chi connectivity index (χ3v) is 6.49. The second-order valence-electron chi connectivity index (χ2n) is 8.38. The van der Waals surface area contributed by atoms with Gasteiger partial charge in [-0.15, -0.1) is 0 Å². The lowest BCUT2D eigenvalue weighted by Crippen LogP contribution is -2.38. The summed E-state index contributed by atoms with van der Waals surface area (Å²) < 4.78 is 0. The largest absolute Gasteiger partial charge is 0.481 e. The van der Waals surface area contributed by atoms with E-state index < -0.39 is 17.3 Å². The van der Waals surface area contributed by atoms with Gasteiger partial charge >= 0.3 is 5.97 Å². The normalized spacial score (nSPS) is 20.9. The van der Waals surface area contributed by atoms with Crippen molar-refractivity contribution in [3.8, 4) is 11.1 Å². The van der Waals surface area contributed by atoms with E-state index in [1.54, 1.807) is 4.90 Å². The molecule has 6 heteroatoms. The number of anilines is 1. The summed E-state index contributed by atoms with van der Waals surface area (Å²) in [6, 6.07) is 14.4. The van der Waals surface area contributed by atoms with Gasteiger partial charge in [-0.25, -0.2) is 0 Å². The average Bonchev–Trinajstić information content (AvgIpc) is 3.28. The number of rotatable bonds is 5. The van der Waals surface area contributed by atoms with Gasteiger partial charge in [0.15, 0.2) is 0 Å². The van der Waals surface area contributed by atoms with Crippen LogP contribution in [0.2, 0.25) is 0 Å². The second-order valence-corrected chi connectivity index (χ2v) is 8.38. The third kappa shape index (κ3) is 2.99. The Labute approximate surface area is 168 Å². The van der Waals surface area contributed by atoms with Crippen LogP contribution in [0.1, 0.15) is 30.4 Å². The predicted octanol–water partition coefficient (Wildman–Crippen LogP) is 2.59. The number of nitrogens with zero attached hydrogens (tertiary/aromatic N) is 1. The number of aliphatic carboxylic acids is 1. The molecule has 2 aromatic carbocycles. The highest BCUT2D eigenvalue weighted by Crippen LogP contribution is 2.45. The van der Waals surface area contributed by atoms with Crippen molar-refractivity contribution in [3.05, 3.63) is 53.6 Å². The molecule has 29 heavy (non-hydrogen) atoms. The van der Waals surface area contributed by atoms with Crippen molar-refractivity contribution in [2.24, 2.45) is 11.3 Å². The van der Waals surface area contributed by atoms with Crippen LogP contribution < -0.4 is 10.2 Å². The van der Waals surface area contributed by atoms with Gasteiger partial charge < -0.3 is 15.3 Å². The van der Waals surface area contributed by atoms with Crippen molar-refractivity contribution in [1.29, 1.82) is 0 Å². The van der Waals surface area contributed by atoms with E-state index in [2.05, 4.69) is 29.6 Å². The quantitative estimate of drug-likeness (QED) is 0.701. The second kappa shape index (κ2) is 6.44. The number of carbonyl (C=O) groups excluding carboxylic acids is 2. The molecule has 2 amide bonds. The molecule has 2 aliphatic carbocycles. The van der Waals surface area contributed by atoms with Crippen molar-refractivity contribution >= 4 is 23.5 Å². The molecule has 3 aliphatic rings. The molecule has 0 bridgehead atoms. The summed E-state index contributed by atoms with van der Waals surface area (Å²) in [6.45, 7) is 0.472. The number of carboxylic acid groups (broad SMARTS) is 1. The first-order valence-electron chi connectivity index (χ1n) is 9.99. The number of fused-ring (bicyclic) bond motifs is 3. The van der Waals surface area contributed by atoms with Crippen LogP contribution in [0.25, 0.3) is 11.1 Å². The first-order chi connectivity index (χ1) is 14.0. The number of amides is 2. The zero-order valence-electron chi connectivity index (χ0n) is 16.0. The van der Waals surface area contributed by atoms with Crippen LogP contribution in [0.5, 0.6) is 0 Å². The molecule has 148 valence electrons. The number of benzene rings is 2. The predicted molar refractivity (Wildman–Crippen MR) is 107 cm³/mol. The minimum Gasteiger partial charge on any atom is -0.481 e.